The number of hydrogen-bond acceptors (Lipinski definition) is 2. The fourth-order valence-corrected chi connectivity index (χ4v) is 2.33. The van der Waals surface area contributed by atoms with Gasteiger partial charge in [-0.1, -0.05) is 36.4 Å². The van der Waals surface area contributed by atoms with E-state index < -0.39 is 0 Å². The van der Waals surface area contributed by atoms with Gasteiger partial charge < -0.3 is 9.30 Å². The second-order valence-corrected chi connectivity index (χ2v) is 4.71. The van der Waals surface area contributed by atoms with Crippen molar-refractivity contribution in [2.24, 2.45) is 7.05 Å². The summed E-state index contributed by atoms with van der Waals surface area (Å²) in [5, 5.41) is 0.966. The van der Waals surface area contributed by atoms with Gasteiger partial charge in [-0.2, -0.15) is 0 Å². The molecule has 0 N–H and O–H groups in total. The first-order valence-electron chi connectivity index (χ1n) is 6.50. The first-order chi connectivity index (χ1) is 9.79. The summed E-state index contributed by atoms with van der Waals surface area (Å²) >= 11 is 0. The zero-order chi connectivity index (χ0) is 13.9. The van der Waals surface area contributed by atoms with Crippen LogP contribution in [0.25, 0.3) is 10.9 Å². The molecular formula is C17H15NO2. The molecule has 1 heterocycles. The summed E-state index contributed by atoms with van der Waals surface area (Å²) in [6.45, 7) is 0.519. The van der Waals surface area contributed by atoms with Crippen LogP contribution in [0.5, 0.6) is 5.75 Å². The number of aryl methyl sites for hydroxylation is 1. The topological polar surface area (TPSA) is 31.2 Å². The van der Waals surface area contributed by atoms with E-state index >= 15 is 0 Å². The molecule has 0 unspecified atom stereocenters. The Labute approximate surface area is 117 Å². The first kappa shape index (κ1) is 12.5. The standard InChI is InChI=1S/C17H15NO2/c1-18-14(11-19)10-15-16(18)8-5-9-17(15)20-12-13-6-3-2-4-7-13/h2-11H,12H2,1H3. The van der Waals surface area contributed by atoms with Crippen LogP contribution in [0.3, 0.4) is 0 Å². The van der Waals surface area contributed by atoms with Gasteiger partial charge in [-0.05, 0) is 23.8 Å². The fraction of sp³-hybridized carbons (Fsp3) is 0.118. The van der Waals surface area contributed by atoms with Crippen LogP contribution in [0.1, 0.15) is 16.1 Å². The minimum Gasteiger partial charge on any atom is -0.488 e. The molecule has 0 radical (unpaired) electrons. The van der Waals surface area contributed by atoms with Crippen LogP contribution < -0.4 is 4.74 Å². The van der Waals surface area contributed by atoms with E-state index in [1.54, 1.807) is 0 Å². The third-order valence-electron chi connectivity index (χ3n) is 3.44. The molecule has 0 aliphatic carbocycles. The maximum absolute atomic E-state index is 11.0. The van der Waals surface area contributed by atoms with E-state index in [1.165, 1.54) is 0 Å². The summed E-state index contributed by atoms with van der Waals surface area (Å²) in [5.74, 6) is 0.801. The molecule has 0 fully saturated rings. The number of nitrogens with zero attached hydrogens (tertiary/aromatic N) is 1. The number of rotatable bonds is 4. The van der Waals surface area contributed by atoms with Crippen LogP contribution in [0.15, 0.2) is 54.6 Å². The molecule has 1 aromatic heterocycles. The highest BCUT2D eigenvalue weighted by atomic mass is 16.5. The molecular weight excluding hydrogens is 250 g/mol. The zero-order valence-corrected chi connectivity index (χ0v) is 11.2. The second kappa shape index (κ2) is 5.21. The Kier molecular flexibility index (Phi) is 3.25. The van der Waals surface area contributed by atoms with Crippen molar-refractivity contribution in [2.75, 3.05) is 0 Å². The Morgan fingerprint density at radius 1 is 1.10 bits per heavy atom. The maximum atomic E-state index is 11.0. The Morgan fingerprint density at radius 2 is 1.90 bits per heavy atom. The zero-order valence-electron chi connectivity index (χ0n) is 11.2. The van der Waals surface area contributed by atoms with Gasteiger partial charge in [-0.3, -0.25) is 4.79 Å². The number of hydrogen-bond donors (Lipinski definition) is 0. The summed E-state index contributed by atoms with van der Waals surface area (Å²) in [7, 11) is 1.88. The SMILES string of the molecule is Cn1c(C=O)cc2c(OCc3ccccc3)cccc21. The van der Waals surface area contributed by atoms with E-state index in [9.17, 15) is 4.79 Å². The van der Waals surface area contributed by atoms with Gasteiger partial charge in [0.15, 0.2) is 6.29 Å². The van der Waals surface area contributed by atoms with Gasteiger partial charge in [0.2, 0.25) is 0 Å². The third kappa shape index (κ3) is 2.18. The average molecular weight is 265 g/mol. The lowest BCUT2D eigenvalue weighted by Gasteiger charge is -2.07. The summed E-state index contributed by atoms with van der Waals surface area (Å²) in [6.07, 6.45) is 0.862. The summed E-state index contributed by atoms with van der Waals surface area (Å²) in [5.41, 5.74) is 2.77. The Morgan fingerprint density at radius 3 is 2.65 bits per heavy atom. The number of carbonyl (C=O) groups is 1. The maximum Gasteiger partial charge on any atom is 0.166 e. The minimum atomic E-state index is 0.519. The van der Waals surface area contributed by atoms with Gasteiger partial charge in [-0.25, -0.2) is 0 Å². The molecule has 0 atom stereocenters. The number of benzene rings is 2. The second-order valence-electron chi connectivity index (χ2n) is 4.71. The highest BCUT2D eigenvalue weighted by Crippen LogP contribution is 2.28. The van der Waals surface area contributed by atoms with Crippen molar-refractivity contribution in [1.29, 1.82) is 0 Å². The number of carbonyl (C=O) groups excluding carboxylic acids is 1. The molecule has 3 aromatic rings. The fourth-order valence-electron chi connectivity index (χ4n) is 2.33. The summed E-state index contributed by atoms with van der Waals surface area (Å²) in [6, 6.07) is 17.7. The number of ether oxygens (including phenoxy) is 1. The highest BCUT2D eigenvalue weighted by molar-refractivity contribution is 5.92. The molecule has 2 aromatic carbocycles. The van der Waals surface area contributed by atoms with E-state index in [1.807, 2.05) is 66.2 Å². The van der Waals surface area contributed by atoms with Crippen LogP contribution in [0.4, 0.5) is 0 Å². The predicted octanol–water partition coefficient (Wildman–Crippen LogP) is 3.57. The van der Waals surface area contributed by atoms with E-state index in [4.69, 9.17) is 4.74 Å². The summed E-state index contributed by atoms with van der Waals surface area (Å²) in [4.78, 5) is 11.0. The number of fused-ring (bicyclic) bond motifs is 1. The first-order valence-corrected chi connectivity index (χ1v) is 6.50. The van der Waals surface area contributed by atoms with Gasteiger partial charge in [0.1, 0.15) is 12.4 Å². The summed E-state index contributed by atoms with van der Waals surface area (Å²) < 4.78 is 7.76. The quantitative estimate of drug-likeness (QED) is 0.675. The van der Waals surface area contributed by atoms with Crippen LogP contribution in [-0.2, 0) is 13.7 Å². The lowest BCUT2D eigenvalue weighted by Crippen LogP contribution is -1.95. The third-order valence-corrected chi connectivity index (χ3v) is 3.44. The van der Waals surface area contributed by atoms with Crippen LogP contribution in [0.2, 0.25) is 0 Å². The Balaban J connectivity index is 1.94. The molecule has 0 aliphatic heterocycles. The number of aldehydes is 1. The molecule has 3 nitrogen and oxygen atoms in total. The largest absolute Gasteiger partial charge is 0.488 e. The normalized spacial score (nSPS) is 10.7. The van der Waals surface area contributed by atoms with Gasteiger partial charge in [0.05, 0.1) is 11.2 Å². The molecule has 100 valence electrons. The van der Waals surface area contributed by atoms with Crippen molar-refractivity contribution in [2.45, 2.75) is 6.61 Å². The lowest BCUT2D eigenvalue weighted by atomic mass is 10.2. The smallest absolute Gasteiger partial charge is 0.166 e. The van der Waals surface area contributed by atoms with Gasteiger partial charge in [0.25, 0.3) is 0 Å². The van der Waals surface area contributed by atoms with Gasteiger partial charge in [0, 0.05) is 12.4 Å². The van der Waals surface area contributed by atoms with Crippen LogP contribution in [-0.4, -0.2) is 10.9 Å². The van der Waals surface area contributed by atoms with E-state index in [2.05, 4.69) is 0 Å². The molecule has 0 amide bonds. The monoisotopic (exact) mass is 265 g/mol. The van der Waals surface area contributed by atoms with Gasteiger partial charge in [-0.15, -0.1) is 0 Å². The molecule has 0 spiro atoms. The highest BCUT2D eigenvalue weighted by Gasteiger charge is 2.09. The molecule has 3 heteroatoms. The van der Waals surface area contributed by atoms with E-state index in [0.29, 0.717) is 12.3 Å². The van der Waals surface area contributed by atoms with Crippen LogP contribution in [0, 0.1) is 0 Å². The van der Waals surface area contributed by atoms with E-state index in [0.717, 1.165) is 28.5 Å². The average Bonchev–Trinajstić information content (AvgIpc) is 2.83. The lowest BCUT2D eigenvalue weighted by molar-refractivity contribution is 0.111. The molecule has 0 bridgehead atoms. The Hall–Kier alpha value is -2.55. The predicted molar refractivity (Wildman–Crippen MR) is 79.1 cm³/mol. The minimum absolute atomic E-state index is 0.519. The van der Waals surface area contributed by atoms with E-state index in [-0.39, 0.29) is 0 Å². The van der Waals surface area contributed by atoms with Crippen molar-refractivity contribution >= 4 is 17.2 Å². The molecule has 0 saturated carbocycles. The van der Waals surface area contributed by atoms with Crippen molar-refractivity contribution in [3.05, 3.63) is 65.9 Å². The van der Waals surface area contributed by atoms with Crippen molar-refractivity contribution in [3.8, 4) is 5.75 Å². The van der Waals surface area contributed by atoms with Crippen LogP contribution >= 0.6 is 0 Å². The Bertz CT molecular complexity index is 744. The molecule has 0 saturated heterocycles. The molecule has 3 rings (SSSR count). The van der Waals surface area contributed by atoms with Gasteiger partial charge >= 0.3 is 0 Å². The van der Waals surface area contributed by atoms with Crippen molar-refractivity contribution in [1.82, 2.24) is 4.57 Å². The number of aromatic nitrogens is 1. The van der Waals surface area contributed by atoms with Crippen molar-refractivity contribution < 1.29 is 9.53 Å². The van der Waals surface area contributed by atoms with Crippen molar-refractivity contribution in [3.63, 3.8) is 0 Å². The molecule has 20 heavy (non-hydrogen) atoms. The molecule has 0 aliphatic rings.